The topological polar surface area (TPSA) is 84.3 Å². The van der Waals surface area contributed by atoms with Crippen molar-refractivity contribution in [3.8, 4) is 0 Å². The van der Waals surface area contributed by atoms with E-state index in [1.165, 1.54) is 10.4 Å². The van der Waals surface area contributed by atoms with Crippen molar-refractivity contribution in [3.05, 3.63) is 47.0 Å². The van der Waals surface area contributed by atoms with Crippen LogP contribution in [0.5, 0.6) is 0 Å². The zero-order chi connectivity index (χ0) is 18.3. The lowest BCUT2D eigenvalue weighted by Gasteiger charge is -2.20. The zero-order valence-corrected chi connectivity index (χ0v) is 15.6. The highest BCUT2D eigenvalue weighted by atomic mass is 32.2. The molecule has 0 fully saturated rings. The Morgan fingerprint density at radius 2 is 2.12 bits per heavy atom. The van der Waals surface area contributed by atoms with Gasteiger partial charge < -0.3 is 9.88 Å². The number of hydrogen-bond acceptors (Lipinski definition) is 4. The second-order valence-corrected chi connectivity index (χ2v) is 8.93. The van der Waals surface area contributed by atoms with Crippen molar-refractivity contribution in [2.75, 3.05) is 13.6 Å². The molecular weight excluding hydrogens is 352 g/mol. The van der Waals surface area contributed by atoms with Gasteiger partial charge in [-0.25, -0.2) is 13.4 Å². The van der Waals surface area contributed by atoms with Crippen LogP contribution in [0.1, 0.15) is 40.3 Å². The van der Waals surface area contributed by atoms with Crippen molar-refractivity contribution in [1.29, 1.82) is 0 Å². The van der Waals surface area contributed by atoms with Crippen molar-refractivity contribution in [2.24, 2.45) is 0 Å². The van der Waals surface area contributed by atoms with Gasteiger partial charge in [-0.05, 0) is 37.0 Å². The molecule has 4 rings (SSSR count). The summed E-state index contributed by atoms with van der Waals surface area (Å²) >= 11 is 0. The summed E-state index contributed by atoms with van der Waals surface area (Å²) in [5.74, 6) is 0.815. The van der Waals surface area contributed by atoms with E-state index in [0.717, 1.165) is 49.3 Å². The van der Waals surface area contributed by atoms with Crippen LogP contribution in [-0.2, 0) is 36.0 Å². The third kappa shape index (κ3) is 3.03. The molecule has 2 aliphatic rings. The Hall–Kier alpha value is -2.19. The molecule has 2 aromatic rings. The lowest BCUT2D eigenvalue weighted by atomic mass is 10.0. The van der Waals surface area contributed by atoms with Crippen LogP contribution < -0.4 is 5.32 Å². The van der Waals surface area contributed by atoms with E-state index in [0.29, 0.717) is 12.1 Å². The van der Waals surface area contributed by atoms with E-state index in [1.807, 2.05) is 6.20 Å². The lowest BCUT2D eigenvalue weighted by molar-refractivity contribution is 0.0945. The molecule has 26 heavy (non-hydrogen) atoms. The summed E-state index contributed by atoms with van der Waals surface area (Å²) in [6.45, 7) is 1.74. The Bertz CT molecular complexity index is 941. The molecule has 3 heterocycles. The number of fused-ring (bicyclic) bond motifs is 2. The summed E-state index contributed by atoms with van der Waals surface area (Å²) in [5.41, 5.74) is 2.09. The highest BCUT2D eigenvalue weighted by Crippen LogP contribution is 2.23. The molecule has 7 nitrogen and oxygen atoms in total. The Labute approximate surface area is 153 Å². The third-order valence-electron chi connectivity index (χ3n) is 5.06. The van der Waals surface area contributed by atoms with E-state index in [2.05, 4.69) is 14.9 Å². The van der Waals surface area contributed by atoms with Crippen molar-refractivity contribution in [3.63, 3.8) is 0 Å². The number of imidazole rings is 1. The van der Waals surface area contributed by atoms with E-state index >= 15 is 0 Å². The first-order valence-corrected chi connectivity index (χ1v) is 10.3. The summed E-state index contributed by atoms with van der Waals surface area (Å²) in [5, 5.41) is 2.75. The minimum absolute atomic E-state index is 0.139. The number of sulfonamides is 1. The van der Waals surface area contributed by atoms with Gasteiger partial charge in [0.15, 0.2) is 0 Å². The largest absolute Gasteiger partial charge is 0.352 e. The number of nitrogens with one attached hydrogen (secondary N) is 1. The van der Waals surface area contributed by atoms with Crippen molar-refractivity contribution in [2.45, 2.75) is 43.7 Å². The number of amides is 1. The number of hydrogen-bond donors (Lipinski definition) is 1. The SMILES string of the molecule is CN(Cc1cn2c(n1)CCCC2)S(=O)(=O)c1ccc2c(c1)C(=O)NCC2. The number of nitrogens with zero attached hydrogens (tertiary/aromatic N) is 3. The Morgan fingerprint density at radius 1 is 1.27 bits per heavy atom. The smallest absolute Gasteiger partial charge is 0.251 e. The molecule has 1 N–H and O–H groups in total. The molecule has 0 atom stereocenters. The predicted octanol–water partition coefficient (Wildman–Crippen LogP) is 1.33. The number of carbonyl (C=O) groups is 1. The average molecular weight is 374 g/mol. The first kappa shape index (κ1) is 17.2. The quantitative estimate of drug-likeness (QED) is 0.875. The van der Waals surface area contributed by atoms with E-state index in [1.54, 1.807) is 19.2 Å². The summed E-state index contributed by atoms with van der Waals surface area (Å²) in [4.78, 5) is 16.7. The second-order valence-electron chi connectivity index (χ2n) is 6.88. The summed E-state index contributed by atoms with van der Waals surface area (Å²) < 4.78 is 29.3. The molecule has 1 aromatic heterocycles. The van der Waals surface area contributed by atoms with Crippen LogP contribution in [0.25, 0.3) is 0 Å². The number of aromatic nitrogens is 2. The summed E-state index contributed by atoms with van der Waals surface area (Å²) in [6.07, 6.45) is 5.87. The van der Waals surface area contributed by atoms with E-state index in [-0.39, 0.29) is 17.3 Å². The van der Waals surface area contributed by atoms with Gasteiger partial charge >= 0.3 is 0 Å². The first-order chi connectivity index (χ1) is 12.4. The Kier molecular flexibility index (Phi) is 4.32. The van der Waals surface area contributed by atoms with Gasteiger partial charge in [0.05, 0.1) is 17.1 Å². The summed E-state index contributed by atoms with van der Waals surface area (Å²) in [6, 6.07) is 4.81. The van der Waals surface area contributed by atoms with Crippen molar-refractivity contribution in [1.82, 2.24) is 19.2 Å². The van der Waals surface area contributed by atoms with Gasteiger partial charge in [0.25, 0.3) is 5.91 Å². The predicted molar refractivity (Wildman–Crippen MR) is 96.3 cm³/mol. The van der Waals surface area contributed by atoms with Crippen LogP contribution in [-0.4, -0.2) is 41.8 Å². The van der Waals surface area contributed by atoms with Crippen LogP contribution >= 0.6 is 0 Å². The van der Waals surface area contributed by atoms with E-state index in [4.69, 9.17) is 0 Å². The maximum absolute atomic E-state index is 12.9. The minimum atomic E-state index is -3.69. The molecule has 0 saturated heterocycles. The molecule has 0 spiro atoms. The molecule has 138 valence electrons. The number of carbonyl (C=O) groups excluding carboxylic acids is 1. The Balaban J connectivity index is 1.59. The molecule has 1 aromatic carbocycles. The first-order valence-electron chi connectivity index (χ1n) is 8.87. The highest BCUT2D eigenvalue weighted by Gasteiger charge is 2.26. The number of rotatable bonds is 4. The van der Waals surface area contributed by atoms with Crippen LogP contribution in [0.4, 0.5) is 0 Å². The monoisotopic (exact) mass is 374 g/mol. The van der Waals surface area contributed by atoms with Gasteiger partial charge in [-0.3, -0.25) is 4.79 Å². The molecule has 0 radical (unpaired) electrons. The zero-order valence-electron chi connectivity index (χ0n) is 14.7. The van der Waals surface area contributed by atoms with E-state index in [9.17, 15) is 13.2 Å². The van der Waals surface area contributed by atoms with Crippen molar-refractivity contribution >= 4 is 15.9 Å². The molecule has 0 aliphatic carbocycles. The van der Waals surface area contributed by atoms with Gasteiger partial charge in [-0.1, -0.05) is 6.07 Å². The van der Waals surface area contributed by atoms with Crippen molar-refractivity contribution < 1.29 is 13.2 Å². The fraction of sp³-hybridized carbons (Fsp3) is 0.444. The molecular formula is C18H22N4O3S. The number of benzene rings is 1. The average Bonchev–Trinajstić information content (AvgIpc) is 3.04. The van der Waals surface area contributed by atoms with Gasteiger partial charge in [0.2, 0.25) is 10.0 Å². The molecule has 1 amide bonds. The highest BCUT2D eigenvalue weighted by molar-refractivity contribution is 7.89. The van der Waals surface area contributed by atoms with Crippen LogP contribution in [0.15, 0.2) is 29.3 Å². The third-order valence-corrected chi connectivity index (χ3v) is 6.86. The second kappa shape index (κ2) is 6.51. The van der Waals surface area contributed by atoms with Gasteiger partial charge in [-0.15, -0.1) is 0 Å². The fourth-order valence-corrected chi connectivity index (χ4v) is 4.76. The van der Waals surface area contributed by atoms with Crippen LogP contribution in [0.2, 0.25) is 0 Å². The molecule has 8 heteroatoms. The van der Waals surface area contributed by atoms with E-state index < -0.39 is 10.0 Å². The van der Waals surface area contributed by atoms with Gasteiger partial charge in [0, 0.05) is 38.3 Å². The number of aryl methyl sites for hydroxylation is 2. The van der Waals surface area contributed by atoms with Crippen LogP contribution in [0.3, 0.4) is 0 Å². The minimum Gasteiger partial charge on any atom is -0.352 e. The lowest BCUT2D eigenvalue weighted by Crippen LogP contribution is -2.32. The van der Waals surface area contributed by atoms with Gasteiger partial charge in [0.1, 0.15) is 5.82 Å². The van der Waals surface area contributed by atoms with Gasteiger partial charge in [-0.2, -0.15) is 4.31 Å². The van der Waals surface area contributed by atoms with Crippen LogP contribution in [0, 0.1) is 0 Å². The Morgan fingerprint density at radius 3 is 2.92 bits per heavy atom. The maximum Gasteiger partial charge on any atom is 0.251 e. The molecule has 0 saturated carbocycles. The standard InChI is InChI=1S/C18H22N4O3S/c1-21(11-14-12-22-9-3-2-4-17(22)20-14)26(24,25)15-6-5-13-7-8-19-18(23)16(13)10-15/h5-6,10,12H,2-4,7-9,11H2,1H3,(H,19,23). The molecule has 2 aliphatic heterocycles. The molecule has 0 unspecified atom stereocenters. The summed E-state index contributed by atoms with van der Waals surface area (Å²) in [7, 11) is -2.14. The molecule has 0 bridgehead atoms. The fourth-order valence-electron chi connectivity index (χ4n) is 3.59. The normalized spacial score (nSPS) is 16.9. The maximum atomic E-state index is 12.9.